The van der Waals surface area contributed by atoms with Crippen molar-refractivity contribution in [3.63, 3.8) is 0 Å². The monoisotopic (exact) mass is 515 g/mol. The normalized spacial score (nSPS) is 22.3. The predicted octanol–water partition coefficient (Wildman–Crippen LogP) is 4.77. The quantitative estimate of drug-likeness (QED) is 0.326. The number of benzene rings is 2. The van der Waals surface area contributed by atoms with E-state index in [0.717, 1.165) is 16.3 Å². The smallest absolute Gasteiger partial charge is 0.319 e. The van der Waals surface area contributed by atoms with Crippen LogP contribution in [0, 0.1) is 0 Å². The zero-order valence-corrected chi connectivity index (χ0v) is 20.6. The first-order valence-corrected chi connectivity index (χ1v) is 12.9. The number of thiophene rings is 1. The molecule has 9 nitrogen and oxygen atoms in total. The van der Waals surface area contributed by atoms with Gasteiger partial charge in [-0.25, -0.2) is 14.8 Å². The first-order chi connectivity index (χ1) is 18.2. The summed E-state index contributed by atoms with van der Waals surface area (Å²) in [6, 6.07) is 21.9. The number of hydrogen-bond acceptors (Lipinski definition) is 8. The third-order valence-electron chi connectivity index (χ3n) is 6.20. The van der Waals surface area contributed by atoms with Crippen molar-refractivity contribution in [1.82, 2.24) is 15.3 Å². The van der Waals surface area contributed by atoms with Gasteiger partial charge in [-0.2, -0.15) is 0 Å². The number of nitrogens with zero attached hydrogens (tertiary/aromatic N) is 2. The van der Waals surface area contributed by atoms with Gasteiger partial charge in [-0.3, -0.25) is 0 Å². The van der Waals surface area contributed by atoms with Gasteiger partial charge in [0.2, 0.25) is 5.95 Å². The molecule has 37 heavy (non-hydrogen) atoms. The third-order valence-corrected chi connectivity index (χ3v) is 7.10. The maximum atomic E-state index is 12.7. The van der Waals surface area contributed by atoms with Crippen molar-refractivity contribution in [2.45, 2.75) is 24.3 Å². The Labute approximate surface area is 217 Å². The maximum absolute atomic E-state index is 12.7. The molecule has 4 aromatic rings. The summed E-state index contributed by atoms with van der Waals surface area (Å²) >= 11 is 1.63. The molecule has 188 valence electrons. The maximum Gasteiger partial charge on any atom is 0.319 e. The Bertz CT molecular complexity index is 1340. The molecule has 2 aromatic heterocycles. The van der Waals surface area contributed by atoms with Gasteiger partial charge in [0.1, 0.15) is 23.7 Å². The molecule has 4 atom stereocenters. The van der Waals surface area contributed by atoms with Gasteiger partial charge in [0.15, 0.2) is 0 Å². The highest BCUT2D eigenvalue weighted by molar-refractivity contribution is 7.13. The Morgan fingerprint density at radius 1 is 0.892 bits per heavy atom. The highest BCUT2D eigenvalue weighted by Crippen LogP contribution is 2.30. The fraction of sp³-hybridized carbons (Fsp3) is 0.222. The number of carbonyl (C=O) groups excluding carboxylic acids is 1. The number of hydrogen-bond donors (Lipinski definition) is 3. The molecule has 0 saturated carbocycles. The van der Waals surface area contributed by atoms with Crippen LogP contribution in [0.5, 0.6) is 11.5 Å². The molecule has 2 fully saturated rings. The van der Waals surface area contributed by atoms with Crippen LogP contribution in [-0.2, 0) is 9.47 Å². The minimum atomic E-state index is -0.321. The molecule has 3 N–H and O–H groups in total. The van der Waals surface area contributed by atoms with Crippen LogP contribution in [0.1, 0.15) is 0 Å². The molecule has 2 saturated heterocycles. The molecular formula is C27H25N5O4S. The Morgan fingerprint density at radius 3 is 2.43 bits per heavy atom. The van der Waals surface area contributed by atoms with Crippen molar-refractivity contribution in [2.75, 3.05) is 23.8 Å². The third kappa shape index (κ3) is 5.41. The van der Waals surface area contributed by atoms with E-state index in [0.29, 0.717) is 30.6 Å². The molecule has 0 aliphatic carbocycles. The Balaban J connectivity index is 1.02. The van der Waals surface area contributed by atoms with Crippen molar-refractivity contribution >= 4 is 29.0 Å². The van der Waals surface area contributed by atoms with Gasteiger partial charge in [0.25, 0.3) is 0 Å². The zero-order chi connectivity index (χ0) is 25.0. The van der Waals surface area contributed by atoms with E-state index < -0.39 is 0 Å². The summed E-state index contributed by atoms with van der Waals surface area (Å²) in [6.45, 7) is 0.797. The van der Waals surface area contributed by atoms with Crippen molar-refractivity contribution in [3.8, 4) is 22.1 Å². The minimum absolute atomic E-state index is 0.115. The molecule has 2 aliphatic rings. The lowest BCUT2D eigenvalue weighted by Gasteiger charge is -2.18. The van der Waals surface area contributed by atoms with Gasteiger partial charge in [-0.05, 0) is 53.9 Å². The van der Waals surface area contributed by atoms with E-state index in [9.17, 15) is 4.79 Å². The lowest BCUT2D eigenvalue weighted by atomic mass is 10.1. The molecule has 10 heteroatoms. The number of anilines is 2. The molecule has 4 unspecified atom stereocenters. The summed E-state index contributed by atoms with van der Waals surface area (Å²) in [5, 5.41) is 11.2. The van der Waals surface area contributed by atoms with Crippen molar-refractivity contribution in [3.05, 3.63) is 84.4 Å². The SMILES string of the molecule is O=C(Nc1ccc(Oc2ccccc2)cc1)NC1COC2C(Nc3nccc(-c4cccs4)n3)COC12. The highest BCUT2D eigenvalue weighted by atomic mass is 32.1. The fourth-order valence-electron chi connectivity index (χ4n) is 4.47. The van der Waals surface area contributed by atoms with E-state index in [4.69, 9.17) is 14.2 Å². The van der Waals surface area contributed by atoms with Crippen LogP contribution >= 0.6 is 11.3 Å². The molecular weight excluding hydrogens is 490 g/mol. The number of urea groups is 1. The van der Waals surface area contributed by atoms with Crippen LogP contribution in [0.25, 0.3) is 10.6 Å². The van der Waals surface area contributed by atoms with Crippen LogP contribution in [0.4, 0.5) is 16.4 Å². The second-order valence-corrected chi connectivity index (χ2v) is 9.68. The highest BCUT2D eigenvalue weighted by Gasteiger charge is 2.48. The molecule has 0 radical (unpaired) electrons. The van der Waals surface area contributed by atoms with Gasteiger partial charge in [-0.15, -0.1) is 11.3 Å². The second-order valence-electron chi connectivity index (χ2n) is 8.73. The number of ether oxygens (including phenoxy) is 3. The van der Waals surface area contributed by atoms with Gasteiger partial charge >= 0.3 is 6.03 Å². The summed E-state index contributed by atoms with van der Waals surface area (Å²) in [7, 11) is 0. The number of amides is 2. The zero-order valence-electron chi connectivity index (χ0n) is 19.7. The van der Waals surface area contributed by atoms with Crippen LogP contribution in [0.3, 0.4) is 0 Å². The van der Waals surface area contributed by atoms with Gasteiger partial charge in [0, 0.05) is 11.9 Å². The van der Waals surface area contributed by atoms with E-state index in [1.54, 1.807) is 29.7 Å². The van der Waals surface area contributed by atoms with Gasteiger partial charge < -0.3 is 30.2 Å². The van der Waals surface area contributed by atoms with E-state index in [-0.39, 0.29) is 30.3 Å². The van der Waals surface area contributed by atoms with E-state index in [1.165, 1.54) is 0 Å². The summed E-state index contributed by atoms with van der Waals surface area (Å²) in [5.74, 6) is 1.97. The summed E-state index contributed by atoms with van der Waals surface area (Å²) in [5.41, 5.74) is 1.52. The topological polar surface area (TPSA) is 107 Å². The first kappa shape index (κ1) is 23.4. The van der Waals surface area contributed by atoms with Crippen LogP contribution in [0.2, 0.25) is 0 Å². The van der Waals surface area contributed by atoms with Crippen molar-refractivity contribution in [1.29, 1.82) is 0 Å². The predicted molar refractivity (Wildman–Crippen MR) is 141 cm³/mol. The fourth-order valence-corrected chi connectivity index (χ4v) is 5.16. The van der Waals surface area contributed by atoms with Crippen LogP contribution in [0.15, 0.2) is 84.4 Å². The minimum Gasteiger partial charge on any atom is -0.457 e. The van der Waals surface area contributed by atoms with Crippen LogP contribution in [-0.4, -0.2) is 53.5 Å². The lowest BCUT2D eigenvalue weighted by molar-refractivity contribution is 0.0683. The van der Waals surface area contributed by atoms with Crippen molar-refractivity contribution < 1.29 is 19.0 Å². The summed E-state index contributed by atoms with van der Waals surface area (Å²) in [4.78, 5) is 22.7. The van der Waals surface area contributed by atoms with E-state index in [1.807, 2.05) is 66.0 Å². The molecule has 0 bridgehead atoms. The van der Waals surface area contributed by atoms with E-state index >= 15 is 0 Å². The molecule has 2 aliphatic heterocycles. The average Bonchev–Trinajstić information content (AvgIpc) is 3.67. The van der Waals surface area contributed by atoms with E-state index in [2.05, 4.69) is 25.9 Å². The molecule has 4 heterocycles. The Morgan fingerprint density at radius 2 is 1.65 bits per heavy atom. The van der Waals surface area contributed by atoms with Gasteiger partial charge in [0.05, 0.1) is 35.9 Å². The Hall–Kier alpha value is -3.99. The summed E-state index contributed by atoms with van der Waals surface area (Å²) in [6.07, 6.45) is 1.27. The summed E-state index contributed by atoms with van der Waals surface area (Å²) < 4.78 is 17.8. The lowest BCUT2D eigenvalue weighted by Crippen LogP contribution is -2.46. The molecule has 0 spiro atoms. The molecule has 2 amide bonds. The van der Waals surface area contributed by atoms with Gasteiger partial charge in [-0.1, -0.05) is 24.3 Å². The Kier molecular flexibility index (Phi) is 6.68. The number of para-hydroxylation sites is 1. The first-order valence-electron chi connectivity index (χ1n) is 12.0. The number of fused-ring (bicyclic) bond motifs is 1. The standard InChI is InChI=1S/C27H25N5O4S/c33-27(29-17-8-10-19(11-9-17)36-18-5-2-1-3-6-18)32-22-16-35-24-21(15-34-25(22)24)31-26-28-13-12-20(30-26)23-7-4-14-37-23/h1-14,21-22,24-25H,15-16H2,(H,28,30,31)(H2,29,32,33). The van der Waals surface area contributed by atoms with Crippen LogP contribution < -0.4 is 20.7 Å². The number of aromatic nitrogens is 2. The largest absolute Gasteiger partial charge is 0.457 e. The number of rotatable bonds is 7. The molecule has 6 rings (SSSR count). The van der Waals surface area contributed by atoms with Crippen molar-refractivity contribution in [2.24, 2.45) is 0 Å². The average molecular weight is 516 g/mol. The number of nitrogens with one attached hydrogen (secondary N) is 3. The molecule has 2 aromatic carbocycles. The second kappa shape index (κ2) is 10.6. The number of carbonyl (C=O) groups is 1.